The van der Waals surface area contributed by atoms with Crippen LogP contribution in [0.4, 0.5) is 5.82 Å². The molecule has 0 unspecified atom stereocenters. The molecule has 3 aromatic heterocycles. The second-order valence-electron chi connectivity index (χ2n) is 4.91. The average molecular weight is 330 g/mol. The van der Waals surface area contributed by atoms with Gasteiger partial charge in [-0.1, -0.05) is 0 Å². The predicted octanol–water partition coefficient (Wildman–Crippen LogP) is 1.60. The fourth-order valence-corrected chi connectivity index (χ4v) is 5.38. The number of nitrogen functional groups attached to an aromatic ring is 1. The molecule has 0 aromatic carbocycles. The standard InChI is InChI=1S/C14H13N5Se/c15-12-11-8-3-1-2-4-10(8)20-14(11)19-13(18-12)9-7-16-5-6-17-9/h5-7H,1-4H2,(H2,15,18,19). The maximum absolute atomic E-state index is 6.19. The number of rotatable bonds is 1. The molecule has 0 amide bonds. The molecule has 0 spiro atoms. The summed E-state index contributed by atoms with van der Waals surface area (Å²) in [7, 11) is 0. The van der Waals surface area contributed by atoms with Crippen molar-refractivity contribution < 1.29 is 0 Å². The second-order valence-corrected chi connectivity index (χ2v) is 7.19. The van der Waals surface area contributed by atoms with Crippen molar-refractivity contribution in [2.45, 2.75) is 25.7 Å². The van der Waals surface area contributed by atoms with Crippen LogP contribution in [0.1, 0.15) is 22.8 Å². The molecule has 20 heavy (non-hydrogen) atoms. The summed E-state index contributed by atoms with van der Waals surface area (Å²) in [6.07, 6.45) is 9.84. The molecule has 0 atom stereocenters. The van der Waals surface area contributed by atoms with E-state index in [1.165, 1.54) is 24.8 Å². The Kier molecular flexibility index (Phi) is 2.79. The number of anilines is 1. The molecule has 0 bridgehead atoms. The van der Waals surface area contributed by atoms with Gasteiger partial charge in [-0.3, -0.25) is 0 Å². The van der Waals surface area contributed by atoms with Gasteiger partial charge < -0.3 is 0 Å². The molecule has 6 heteroatoms. The third-order valence-corrected chi connectivity index (χ3v) is 6.12. The van der Waals surface area contributed by atoms with Crippen molar-refractivity contribution in [2.24, 2.45) is 0 Å². The zero-order chi connectivity index (χ0) is 13.5. The summed E-state index contributed by atoms with van der Waals surface area (Å²) in [5.74, 6) is 1.19. The summed E-state index contributed by atoms with van der Waals surface area (Å²) in [4.78, 5) is 17.5. The van der Waals surface area contributed by atoms with Crippen molar-refractivity contribution in [3.63, 3.8) is 0 Å². The molecule has 4 rings (SSSR count). The Bertz CT molecular complexity index is 781. The Morgan fingerprint density at radius 2 is 2.00 bits per heavy atom. The van der Waals surface area contributed by atoms with E-state index in [2.05, 4.69) is 15.0 Å². The van der Waals surface area contributed by atoms with Gasteiger partial charge in [-0.05, 0) is 0 Å². The molecule has 5 nitrogen and oxygen atoms in total. The molecule has 3 aromatic rings. The summed E-state index contributed by atoms with van der Waals surface area (Å²) in [5, 5.41) is 1.12. The van der Waals surface area contributed by atoms with E-state index in [0.717, 1.165) is 16.2 Å². The second kappa shape index (κ2) is 4.65. The Labute approximate surface area is 122 Å². The predicted molar refractivity (Wildman–Crippen MR) is 78.6 cm³/mol. The maximum atomic E-state index is 6.19. The van der Waals surface area contributed by atoms with E-state index in [4.69, 9.17) is 10.7 Å². The molecule has 0 fully saturated rings. The van der Waals surface area contributed by atoms with Gasteiger partial charge in [0.25, 0.3) is 0 Å². The van der Waals surface area contributed by atoms with Crippen LogP contribution in [-0.2, 0) is 12.8 Å². The summed E-state index contributed by atoms with van der Waals surface area (Å²) in [6.45, 7) is 0. The van der Waals surface area contributed by atoms with Crippen molar-refractivity contribution in [2.75, 3.05) is 5.73 Å². The van der Waals surface area contributed by atoms with E-state index in [-0.39, 0.29) is 0 Å². The number of nitrogens with zero attached hydrogens (tertiary/aromatic N) is 4. The average Bonchev–Trinajstić information content (AvgIpc) is 2.87. The van der Waals surface area contributed by atoms with Gasteiger partial charge in [0.1, 0.15) is 0 Å². The zero-order valence-electron chi connectivity index (χ0n) is 10.8. The van der Waals surface area contributed by atoms with Crippen LogP contribution >= 0.6 is 0 Å². The van der Waals surface area contributed by atoms with Crippen LogP contribution in [0.5, 0.6) is 0 Å². The van der Waals surface area contributed by atoms with Crippen molar-refractivity contribution in [3.8, 4) is 11.5 Å². The zero-order valence-corrected chi connectivity index (χ0v) is 12.5. The van der Waals surface area contributed by atoms with Crippen molar-refractivity contribution in [1.82, 2.24) is 19.9 Å². The molecular weight excluding hydrogens is 317 g/mol. The first kappa shape index (κ1) is 12.0. The van der Waals surface area contributed by atoms with Gasteiger partial charge in [-0.2, -0.15) is 0 Å². The van der Waals surface area contributed by atoms with Gasteiger partial charge in [0.15, 0.2) is 0 Å². The first-order chi connectivity index (χ1) is 9.83. The Hall–Kier alpha value is -1.78. The van der Waals surface area contributed by atoms with E-state index < -0.39 is 0 Å². The molecule has 3 heterocycles. The molecular formula is C14H13N5Se. The summed E-state index contributed by atoms with van der Waals surface area (Å²) in [6, 6.07) is 0. The third-order valence-electron chi connectivity index (χ3n) is 3.63. The van der Waals surface area contributed by atoms with Gasteiger partial charge in [0, 0.05) is 0 Å². The Morgan fingerprint density at radius 1 is 1.10 bits per heavy atom. The van der Waals surface area contributed by atoms with Crippen molar-refractivity contribution in [3.05, 3.63) is 28.6 Å². The number of fused-ring (bicyclic) bond motifs is 3. The summed E-state index contributed by atoms with van der Waals surface area (Å²) in [5.41, 5.74) is 8.30. The molecule has 0 saturated heterocycles. The summed E-state index contributed by atoms with van der Waals surface area (Å²) < 4.78 is 2.69. The van der Waals surface area contributed by atoms with Crippen LogP contribution in [-0.4, -0.2) is 34.4 Å². The number of nitrogens with two attached hydrogens (primary N) is 1. The van der Waals surface area contributed by atoms with Gasteiger partial charge in [-0.15, -0.1) is 0 Å². The number of hydrogen-bond donors (Lipinski definition) is 1. The third kappa shape index (κ3) is 1.84. The van der Waals surface area contributed by atoms with Gasteiger partial charge in [-0.25, -0.2) is 0 Å². The number of hydrogen-bond acceptors (Lipinski definition) is 5. The molecule has 0 radical (unpaired) electrons. The van der Waals surface area contributed by atoms with Crippen molar-refractivity contribution >= 4 is 30.1 Å². The summed E-state index contributed by atoms with van der Waals surface area (Å²) >= 11 is 0.305. The fourth-order valence-electron chi connectivity index (χ4n) is 2.71. The first-order valence-corrected chi connectivity index (χ1v) is 8.38. The monoisotopic (exact) mass is 331 g/mol. The molecule has 0 aliphatic heterocycles. The van der Waals surface area contributed by atoms with Gasteiger partial charge in [0.2, 0.25) is 0 Å². The normalized spacial score (nSPS) is 14.4. The first-order valence-electron chi connectivity index (χ1n) is 6.67. The molecule has 2 N–H and O–H groups in total. The minimum atomic E-state index is 0.305. The van der Waals surface area contributed by atoms with E-state index in [9.17, 15) is 0 Å². The van der Waals surface area contributed by atoms with Crippen LogP contribution < -0.4 is 5.73 Å². The van der Waals surface area contributed by atoms with Crippen LogP contribution in [0.25, 0.3) is 21.3 Å². The fraction of sp³-hybridized carbons (Fsp3) is 0.286. The van der Waals surface area contributed by atoms with Crippen LogP contribution in [0, 0.1) is 0 Å². The van der Waals surface area contributed by atoms with E-state index in [0.29, 0.717) is 31.8 Å². The number of aryl methyl sites for hydroxylation is 2. The van der Waals surface area contributed by atoms with Gasteiger partial charge in [0.05, 0.1) is 0 Å². The Balaban J connectivity index is 1.95. The quantitative estimate of drug-likeness (QED) is 0.686. The van der Waals surface area contributed by atoms with Gasteiger partial charge >= 0.3 is 122 Å². The molecule has 1 aliphatic rings. The molecule has 1 aliphatic carbocycles. The SMILES string of the molecule is Nc1nc(-c2cnccn2)nc2[se]c3c(c12)CCCC3. The van der Waals surface area contributed by atoms with E-state index >= 15 is 0 Å². The van der Waals surface area contributed by atoms with Crippen molar-refractivity contribution in [1.29, 1.82) is 0 Å². The van der Waals surface area contributed by atoms with Crippen LogP contribution in [0.15, 0.2) is 18.6 Å². The Morgan fingerprint density at radius 3 is 2.85 bits per heavy atom. The van der Waals surface area contributed by atoms with E-state index in [1.807, 2.05) is 0 Å². The van der Waals surface area contributed by atoms with Crippen LogP contribution in [0.2, 0.25) is 0 Å². The minimum absolute atomic E-state index is 0.305. The van der Waals surface area contributed by atoms with E-state index in [1.54, 1.807) is 23.0 Å². The van der Waals surface area contributed by atoms with Crippen LogP contribution in [0.3, 0.4) is 0 Å². The number of aromatic nitrogens is 4. The molecule has 100 valence electrons. The topological polar surface area (TPSA) is 77.6 Å². The molecule has 0 saturated carbocycles.